The average molecular weight is 429 g/mol. The highest BCUT2D eigenvalue weighted by Gasteiger charge is 2.28. The monoisotopic (exact) mass is 428 g/mol. The lowest BCUT2D eigenvalue weighted by atomic mass is 9.71. The maximum absolute atomic E-state index is 2.55. The quantitative estimate of drug-likeness (QED) is 0.411. The summed E-state index contributed by atoms with van der Waals surface area (Å²) < 4.78 is 0. The van der Waals surface area contributed by atoms with Crippen LogP contribution in [0.1, 0.15) is 71.1 Å². The van der Waals surface area contributed by atoms with Crippen LogP contribution in [0, 0.1) is 17.8 Å². The van der Waals surface area contributed by atoms with Gasteiger partial charge in [0.15, 0.2) is 0 Å². The van der Waals surface area contributed by atoms with Crippen molar-refractivity contribution in [3.05, 3.63) is 41.3 Å². The van der Waals surface area contributed by atoms with Gasteiger partial charge in [-0.25, -0.2) is 0 Å². The van der Waals surface area contributed by atoms with Gasteiger partial charge in [0, 0.05) is 4.90 Å². The normalized spacial score (nSPS) is 23.3. The van der Waals surface area contributed by atoms with Gasteiger partial charge in [0.05, 0.1) is 0 Å². The minimum Gasteiger partial charge on any atom is -0.269 e. The van der Waals surface area contributed by atoms with Crippen LogP contribution in [0.2, 0.25) is 0 Å². The molecule has 6 heteroatoms. The smallest absolute Gasteiger partial charge is 0.0118 e. The van der Waals surface area contributed by atoms with Crippen LogP contribution >= 0.6 is 11.8 Å². The third-order valence-electron chi connectivity index (χ3n) is 5.93. The van der Waals surface area contributed by atoms with Crippen molar-refractivity contribution in [1.29, 1.82) is 0 Å². The van der Waals surface area contributed by atoms with Crippen LogP contribution in [0.3, 0.4) is 0 Å². The van der Waals surface area contributed by atoms with E-state index < -0.39 is 0 Å². The first kappa shape index (κ1) is 31.6. The second kappa shape index (κ2) is 16.9. The van der Waals surface area contributed by atoms with E-state index in [9.17, 15) is 0 Å². The van der Waals surface area contributed by atoms with Crippen LogP contribution in [0.4, 0.5) is 23.5 Å². The fourth-order valence-electron chi connectivity index (χ4n) is 4.43. The minimum absolute atomic E-state index is 0. The Bertz CT molecular complexity index is 501. The Morgan fingerprint density at radius 1 is 0.821 bits per heavy atom. The average Bonchev–Trinajstić information content (AvgIpc) is 2.62. The van der Waals surface area contributed by atoms with E-state index in [0.717, 1.165) is 17.8 Å². The van der Waals surface area contributed by atoms with Crippen LogP contribution in [0.5, 0.6) is 0 Å². The topological polar surface area (TPSA) is 0 Å². The van der Waals surface area contributed by atoms with Crippen molar-refractivity contribution in [1.82, 2.24) is 0 Å². The van der Waals surface area contributed by atoms with Gasteiger partial charge < -0.3 is 0 Å². The van der Waals surface area contributed by atoms with Gasteiger partial charge in [-0.3, -0.25) is 23.5 Å². The lowest BCUT2D eigenvalue weighted by Crippen LogP contribution is -2.23. The van der Waals surface area contributed by atoms with Gasteiger partial charge in [-0.1, -0.05) is 75.1 Å². The van der Waals surface area contributed by atoms with E-state index in [1.807, 2.05) is 11.8 Å². The highest BCUT2D eigenvalue weighted by Crippen LogP contribution is 2.43. The second-order valence-electron chi connectivity index (χ2n) is 7.54. The first-order chi connectivity index (χ1) is 11.3. The highest BCUT2D eigenvalue weighted by molar-refractivity contribution is 8.03. The van der Waals surface area contributed by atoms with Gasteiger partial charge in [-0.15, -0.1) is 0 Å². The van der Waals surface area contributed by atoms with Crippen molar-refractivity contribution in [3.8, 4) is 0 Å². The van der Waals surface area contributed by atoms with E-state index in [-0.39, 0.29) is 23.5 Å². The molecule has 1 atom stereocenters. The molecule has 0 aliphatic heterocycles. The van der Waals surface area contributed by atoms with Crippen molar-refractivity contribution in [2.75, 3.05) is 0 Å². The summed E-state index contributed by atoms with van der Waals surface area (Å²) in [5.74, 6) is 3.05. The fraction of sp³-hybridized carbons (Fsp3) is 0.636. The maximum atomic E-state index is 2.55. The molecule has 28 heavy (non-hydrogen) atoms. The first-order valence-corrected chi connectivity index (χ1v) is 10.6. The number of rotatable bonds is 6. The summed E-state index contributed by atoms with van der Waals surface area (Å²) in [5.41, 5.74) is 0. The molecule has 1 unspecified atom stereocenters. The first-order valence-electron chi connectivity index (χ1n) is 9.77. The Morgan fingerprint density at radius 2 is 1.46 bits per heavy atom. The molecule has 2 aliphatic rings. The molecule has 0 bridgehead atoms. The number of halogens is 5. The van der Waals surface area contributed by atoms with Gasteiger partial charge in [0.2, 0.25) is 0 Å². The van der Waals surface area contributed by atoms with E-state index in [2.05, 4.69) is 43.3 Å². The molecule has 0 aromatic heterocycles. The summed E-state index contributed by atoms with van der Waals surface area (Å²) in [6, 6.07) is 10.9. The number of benzene rings is 1. The van der Waals surface area contributed by atoms with Crippen molar-refractivity contribution in [3.63, 3.8) is 0 Å². The molecule has 1 aromatic carbocycles. The molecule has 0 nitrogen and oxygen atoms in total. The van der Waals surface area contributed by atoms with Crippen molar-refractivity contribution >= 4 is 11.8 Å². The minimum atomic E-state index is 0. The third kappa shape index (κ3) is 9.44. The van der Waals surface area contributed by atoms with Gasteiger partial charge in [-0.2, -0.15) is 0 Å². The summed E-state index contributed by atoms with van der Waals surface area (Å²) in [6.07, 6.45) is 17.0. The molecule has 0 spiro atoms. The Morgan fingerprint density at radius 3 is 2.00 bits per heavy atom. The van der Waals surface area contributed by atoms with Crippen LogP contribution in [0.15, 0.2) is 46.2 Å². The molecule has 1 fully saturated rings. The Kier molecular flexibility index (Phi) is 19.1. The Labute approximate surface area is 170 Å². The van der Waals surface area contributed by atoms with Crippen molar-refractivity contribution < 1.29 is 23.5 Å². The Hall–Kier alpha value is -1.04. The predicted octanol–water partition coefficient (Wildman–Crippen LogP) is 8.22. The number of unbranched alkanes of at least 4 members (excludes halogenated alkanes) is 1. The zero-order valence-electron chi connectivity index (χ0n) is 16.7. The fourth-order valence-corrected chi connectivity index (χ4v) is 5.43. The van der Waals surface area contributed by atoms with Crippen LogP contribution in [-0.2, 0) is 0 Å². The lowest BCUT2D eigenvalue weighted by molar-refractivity contribution is 0.186. The van der Waals surface area contributed by atoms with Gasteiger partial charge in [-0.05, 0) is 66.9 Å². The molecule has 1 aromatic rings. The second-order valence-corrected chi connectivity index (χ2v) is 8.74. The predicted molar refractivity (Wildman–Crippen MR) is 115 cm³/mol. The highest BCUT2D eigenvalue weighted by atomic mass is 32.2. The Balaban J connectivity index is -0.00000125. The summed E-state index contributed by atoms with van der Waals surface area (Å²) in [5, 5.41) is 0. The van der Waals surface area contributed by atoms with Gasteiger partial charge in [0.1, 0.15) is 0 Å². The molecule has 1 saturated carbocycles. The zero-order chi connectivity index (χ0) is 15.9. The van der Waals surface area contributed by atoms with Gasteiger partial charge >= 0.3 is 0 Å². The van der Waals surface area contributed by atoms with E-state index in [1.54, 1.807) is 4.91 Å². The van der Waals surface area contributed by atoms with Crippen molar-refractivity contribution in [2.24, 2.45) is 17.8 Å². The third-order valence-corrected chi connectivity index (χ3v) is 7.07. The van der Waals surface area contributed by atoms with Gasteiger partial charge in [0.25, 0.3) is 0 Å². The van der Waals surface area contributed by atoms with E-state index in [0.29, 0.717) is 0 Å². The van der Waals surface area contributed by atoms with E-state index >= 15 is 0 Å². The summed E-state index contributed by atoms with van der Waals surface area (Å²) in [7, 11) is 0. The van der Waals surface area contributed by atoms with E-state index in [4.69, 9.17) is 0 Å². The van der Waals surface area contributed by atoms with E-state index in [1.165, 1.54) is 69.1 Å². The van der Waals surface area contributed by atoms with Crippen LogP contribution in [-0.4, -0.2) is 0 Å². The number of hydrogen-bond donors (Lipinski definition) is 0. The SMILES string of the molecule is CCCCC1CCC(C2CC=C(Sc3ccccc3)CC2)CC1.F.F.F.F.F. The van der Waals surface area contributed by atoms with Crippen molar-refractivity contribution in [2.45, 2.75) is 76.0 Å². The maximum Gasteiger partial charge on any atom is 0.0118 e. The lowest BCUT2D eigenvalue weighted by Gasteiger charge is -2.35. The number of hydrogen-bond acceptors (Lipinski definition) is 1. The molecule has 166 valence electrons. The molecular formula is C22H37F5S. The largest absolute Gasteiger partial charge is 0.269 e. The zero-order valence-corrected chi connectivity index (χ0v) is 17.5. The molecule has 2 aliphatic carbocycles. The molecule has 0 amide bonds. The molecule has 0 N–H and O–H groups in total. The molecule has 0 radical (unpaired) electrons. The van der Waals surface area contributed by atoms with Crippen LogP contribution < -0.4 is 0 Å². The number of allylic oxidation sites excluding steroid dienone is 2. The van der Waals surface area contributed by atoms with Crippen LogP contribution in [0.25, 0.3) is 0 Å². The summed E-state index contributed by atoms with van der Waals surface area (Å²) in [4.78, 5) is 3.00. The number of thioether (sulfide) groups is 1. The standard InChI is InChI=1S/C22H32S.5FH/c1-2-3-7-18-10-12-19(13-11-18)20-14-16-22(17-15-20)23-21-8-5-4-6-9-21;;;;;/h4-6,8-9,16,18-20H,2-3,7,10-15,17H2,1H3;5*1H. The molecule has 0 saturated heterocycles. The summed E-state index contributed by atoms with van der Waals surface area (Å²) >= 11 is 1.98. The summed E-state index contributed by atoms with van der Waals surface area (Å²) in [6.45, 7) is 2.32. The molecule has 0 heterocycles. The molecule has 3 rings (SSSR count). The molecular weight excluding hydrogens is 391 g/mol.